The molecular formula is C25H28N4O4. The number of benzene rings is 1. The highest BCUT2D eigenvalue weighted by atomic mass is 16.5. The van der Waals surface area contributed by atoms with Gasteiger partial charge >= 0.3 is 0 Å². The van der Waals surface area contributed by atoms with Crippen LogP contribution in [0.15, 0.2) is 47.5 Å². The molecule has 2 bridgehead atoms. The molecule has 0 saturated carbocycles. The van der Waals surface area contributed by atoms with E-state index in [2.05, 4.69) is 11.1 Å². The summed E-state index contributed by atoms with van der Waals surface area (Å²) in [5.74, 6) is -0.716. The van der Waals surface area contributed by atoms with Crippen LogP contribution in [-0.4, -0.2) is 70.6 Å². The quantitative estimate of drug-likeness (QED) is 0.660. The maximum absolute atomic E-state index is 13.5. The molecule has 0 unspecified atom stereocenters. The van der Waals surface area contributed by atoms with Gasteiger partial charge in [0.2, 0.25) is 5.91 Å². The van der Waals surface area contributed by atoms with Crippen molar-refractivity contribution in [3.63, 3.8) is 0 Å². The van der Waals surface area contributed by atoms with E-state index in [0.29, 0.717) is 38.3 Å². The van der Waals surface area contributed by atoms with Crippen LogP contribution in [0.1, 0.15) is 21.5 Å². The minimum absolute atomic E-state index is 0.00581. The normalized spacial score (nSPS) is 20.8. The number of carbonyl (C=O) groups excluding carboxylic acids is 2. The number of fused-ring (bicyclic) bond motifs is 4. The molecule has 0 radical (unpaired) electrons. The van der Waals surface area contributed by atoms with Gasteiger partial charge in [0.1, 0.15) is 5.56 Å². The van der Waals surface area contributed by atoms with Crippen molar-refractivity contribution in [1.29, 1.82) is 0 Å². The molecule has 3 aromatic rings. The van der Waals surface area contributed by atoms with E-state index in [-0.39, 0.29) is 35.5 Å². The van der Waals surface area contributed by atoms with E-state index in [4.69, 9.17) is 4.74 Å². The van der Waals surface area contributed by atoms with E-state index in [1.165, 1.54) is 0 Å². The summed E-state index contributed by atoms with van der Waals surface area (Å²) in [6.07, 6.45) is 4.40. The molecule has 0 spiro atoms. The standard InChI is InChI=1S/C25H28N4O4/c1-16-7-9-28(10-8-17-11-26-21-6-4-3-5-20(17)21)24(31)22(16)25(32)29-12-18-14-33-15-19(13-29)27(2)23(18)30/h3-7,9,11,18-19,26H,8,10,12-15H2,1-2H3/t18-,19+/m1/s1. The van der Waals surface area contributed by atoms with Crippen LogP contribution in [0, 0.1) is 12.8 Å². The molecule has 2 saturated heterocycles. The molecule has 1 N–H and O–H groups in total. The van der Waals surface area contributed by atoms with Crippen molar-refractivity contribution in [3.8, 4) is 0 Å². The first-order valence-electron chi connectivity index (χ1n) is 11.3. The van der Waals surface area contributed by atoms with Crippen LogP contribution in [0.25, 0.3) is 10.9 Å². The van der Waals surface area contributed by atoms with Crippen molar-refractivity contribution in [1.82, 2.24) is 19.4 Å². The molecular weight excluding hydrogens is 420 g/mol. The van der Waals surface area contributed by atoms with E-state index < -0.39 is 5.92 Å². The first-order valence-corrected chi connectivity index (χ1v) is 11.3. The average Bonchev–Trinajstić information content (AvgIpc) is 3.10. The van der Waals surface area contributed by atoms with Crippen LogP contribution in [0.4, 0.5) is 0 Å². The number of nitrogens with zero attached hydrogens (tertiary/aromatic N) is 3. The predicted octanol–water partition coefficient (Wildman–Crippen LogP) is 1.81. The summed E-state index contributed by atoms with van der Waals surface area (Å²) in [4.78, 5) is 46.2. The number of pyridine rings is 1. The van der Waals surface area contributed by atoms with E-state index >= 15 is 0 Å². The van der Waals surface area contributed by atoms with Crippen LogP contribution in [0.5, 0.6) is 0 Å². The third-order valence-electron chi connectivity index (χ3n) is 6.92. The number of hydrogen-bond acceptors (Lipinski definition) is 4. The smallest absolute Gasteiger partial charge is 0.263 e. The molecule has 2 aromatic heterocycles. The number of para-hydroxylation sites is 1. The van der Waals surface area contributed by atoms with Crippen LogP contribution in [0.2, 0.25) is 0 Å². The number of H-pyrrole nitrogens is 1. The first kappa shape index (κ1) is 21.5. The molecule has 172 valence electrons. The fraction of sp³-hybridized carbons (Fsp3) is 0.400. The van der Waals surface area contributed by atoms with Gasteiger partial charge in [-0.3, -0.25) is 14.4 Å². The number of ether oxygens (including phenoxy) is 1. The zero-order chi connectivity index (χ0) is 23.1. The fourth-order valence-corrected chi connectivity index (χ4v) is 4.90. The predicted molar refractivity (Wildman–Crippen MR) is 124 cm³/mol. The van der Waals surface area contributed by atoms with Gasteiger partial charge in [-0.2, -0.15) is 0 Å². The van der Waals surface area contributed by atoms with Crippen molar-refractivity contribution >= 4 is 22.7 Å². The van der Waals surface area contributed by atoms with E-state index in [1.807, 2.05) is 30.5 Å². The van der Waals surface area contributed by atoms with E-state index in [1.54, 1.807) is 34.5 Å². The van der Waals surface area contributed by atoms with Crippen LogP contribution >= 0.6 is 0 Å². The summed E-state index contributed by atoms with van der Waals surface area (Å²) >= 11 is 0. The monoisotopic (exact) mass is 448 g/mol. The largest absolute Gasteiger partial charge is 0.378 e. The van der Waals surface area contributed by atoms with Gasteiger partial charge in [-0.25, -0.2) is 0 Å². The number of aryl methyl sites for hydroxylation is 3. The third-order valence-corrected chi connectivity index (χ3v) is 6.92. The summed E-state index contributed by atoms with van der Waals surface area (Å²) in [7, 11) is 1.76. The number of carbonyl (C=O) groups is 2. The topological polar surface area (TPSA) is 87.6 Å². The van der Waals surface area contributed by atoms with Crippen molar-refractivity contribution in [3.05, 3.63) is 69.8 Å². The highest BCUT2D eigenvalue weighted by Gasteiger charge is 2.39. The highest BCUT2D eigenvalue weighted by molar-refractivity contribution is 5.96. The Morgan fingerprint density at radius 3 is 2.82 bits per heavy atom. The first-order chi connectivity index (χ1) is 15.9. The number of aromatic amines is 1. The van der Waals surface area contributed by atoms with Gasteiger partial charge in [0.05, 0.1) is 25.2 Å². The second-order valence-electron chi connectivity index (χ2n) is 9.03. The van der Waals surface area contributed by atoms with Crippen molar-refractivity contribution in [2.24, 2.45) is 5.92 Å². The lowest BCUT2D eigenvalue weighted by Crippen LogP contribution is -2.46. The molecule has 2 amide bonds. The summed E-state index contributed by atoms with van der Waals surface area (Å²) in [5.41, 5.74) is 2.75. The molecule has 2 aliphatic heterocycles. The lowest BCUT2D eigenvalue weighted by molar-refractivity contribution is -0.133. The van der Waals surface area contributed by atoms with Gasteiger partial charge in [0.15, 0.2) is 0 Å². The molecule has 8 nitrogen and oxygen atoms in total. The summed E-state index contributed by atoms with van der Waals surface area (Å²) < 4.78 is 7.24. The average molecular weight is 449 g/mol. The number of nitrogens with one attached hydrogen (secondary N) is 1. The minimum atomic E-state index is -0.403. The second kappa shape index (κ2) is 8.51. The molecule has 33 heavy (non-hydrogen) atoms. The van der Waals surface area contributed by atoms with Gasteiger partial charge in [0.25, 0.3) is 11.5 Å². The van der Waals surface area contributed by atoms with Gasteiger partial charge in [-0.15, -0.1) is 0 Å². The van der Waals surface area contributed by atoms with E-state index in [0.717, 1.165) is 16.5 Å². The Morgan fingerprint density at radius 1 is 1.15 bits per heavy atom. The lowest BCUT2D eigenvalue weighted by Gasteiger charge is -2.29. The Balaban J connectivity index is 1.40. The van der Waals surface area contributed by atoms with Crippen LogP contribution in [-0.2, 0) is 22.5 Å². The van der Waals surface area contributed by atoms with Crippen LogP contribution < -0.4 is 5.56 Å². The molecule has 0 aliphatic carbocycles. The Morgan fingerprint density at radius 2 is 1.97 bits per heavy atom. The molecule has 5 rings (SSSR count). The highest BCUT2D eigenvalue weighted by Crippen LogP contribution is 2.22. The summed E-state index contributed by atoms with van der Waals surface area (Å²) in [6, 6.07) is 9.69. The lowest BCUT2D eigenvalue weighted by atomic mass is 10.1. The number of rotatable bonds is 4. The van der Waals surface area contributed by atoms with Gasteiger partial charge in [0, 0.05) is 50.0 Å². The Bertz CT molecular complexity index is 1280. The number of aromatic nitrogens is 2. The Kier molecular flexibility index (Phi) is 5.54. The zero-order valence-corrected chi connectivity index (χ0v) is 18.9. The summed E-state index contributed by atoms with van der Waals surface area (Å²) in [5, 5.41) is 1.14. The summed E-state index contributed by atoms with van der Waals surface area (Å²) in [6.45, 7) is 3.58. The fourth-order valence-electron chi connectivity index (χ4n) is 4.90. The van der Waals surface area contributed by atoms with Crippen molar-refractivity contribution < 1.29 is 14.3 Å². The maximum Gasteiger partial charge on any atom is 0.263 e. The number of amides is 2. The van der Waals surface area contributed by atoms with Gasteiger partial charge in [-0.05, 0) is 36.6 Å². The molecule has 2 atom stereocenters. The molecule has 1 aromatic carbocycles. The SMILES string of the molecule is Cc1ccn(CCc2c[nH]c3ccccc23)c(=O)c1C(=O)N1C[C@@H]2COC[C@H](C1)N(C)C2=O. The molecule has 2 fully saturated rings. The number of hydrogen-bond donors (Lipinski definition) is 1. The minimum Gasteiger partial charge on any atom is -0.378 e. The van der Waals surface area contributed by atoms with Crippen molar-refractivity contribution in [2.45, 2.75) is 25.9 Å². The Labute approximate surface area is 191 Å². The van der Waals surface area contributed by atoms with Crippen LogP contribution in [0.3, 0.4) is 0 Å². The molecule has 2 aliphatic rings. The van der Waals surface area contributed by atoms with Gasteiger partial charge < -0.3 is 24.1 Å². The number of likely N-dealkylation sites (N-methyl/N-ethyl adjacent to an activating group) is 1. The maximum atomic E-state index is 13.5. The van der Waals surface area contributed by atoms with Crippen molar-refractivity contribution in [2.75, 3.05) is 33.4 Å². The molecule has 8 heteroatoms. The van der Waals surface area contributed by atoms with Gasteiger partial charge in [-0.1, -0.05) is 18.2 Å². The molecule has 4 heterocycles. The zero-order valence-electron chi connectivity index (χ0n) is 18.9. The third kappa shape index (κ3) is 3.84. The Hall–Kier alpha value is -3.39. The second-order valence-corrected chi connectivity index (χ2v) is 9.03. The van der Waals surface area contributed by atoms with E-state index in [9.17, 15) is 14.4 Å².